The SMILES string of the molecule is CCCC(C(=O)OCC)C(O)c1cncn1C. The molecule has 0 spiro atoms. The summed E-state index contributed by atoms with van der Waals surface area (Å²) in [5.74, 6) is -0.863. The maximum absolute atomic E-state index is 11.8. The predicted octanol–water partition coefficient (Wildman–Crippen LogP) is 1.43. The molecule has 5 heteroatoms. The largest absolute Gasteiger partial charge is 0.466 e. The molecule has 17 heavy (non-hydrogen) atoms. The number of ether oxygens (including phenoxy) is 1. The van der Waals surface area contributed by atoms with Crippen LogP contribution < -0.4 is 0 Å². The number of aliphatic hydroxyl groups is 1. The summed E-state index contributed by atoms with van der Waals surface area (Å²) in [5.41, 5.74) is 0.636. The second-order valence-electron chi connectivity index (χ2n) is 4.02. The van der Waals surface area contributed by atoms with E-state index in [4.69, 9.17) is 4.74 Å². The van der Waals surface area contributed by atoms with Gasteiger partial charge in [0.15, 0.2) is 0 Å². The lowest BCUT2D eigenvalue weighted by molar-refractivity contribution is -0.152. The summed E-state index contributed by atoms with van der Waals surface area (Å²) in [7, 11) is 1.79. The molecule has 1 N–H and O–H groups in total. The number of rotatable bonds is 6. The van der Waals surface area contributed by atoms with E-state index in [2.05, 4.69) is 4.98 Å². The third kappa shape index (κ3) is 3.30. The Morgan fingerprint density at radius 1 is 1.59 bits per heavy atom. The smallest absolute Gasteiger partial charge is 0.311 e. The van der Waals surface area contributed by atoms with Gasteiger partial charge in [0.25, 0.3) is 0 Å². The van der Waals surface area contributed by atoms with E-state index in [0.29, 0.717) is 18.7 Å². The predicted molar refractivity (Wildman–Crippen MR) is 63.2 cm³/mol. The summed E-state index contributed by atoms with van der Waals surface area (Å²) in [4.78, 5) is 15.7. The monoisotopic (exact) mass is 240 g/mol. The van der Waals surface area contributed by atoms with E-state index in [9.17, 15) is 9.90 Å². The summed E-state index contributed by atoms with van der Waals surface area (Å²) < 4.78 is 6.70. The Morgan fingerprint density at radius 2 is 2.29 bits per heavy atom. The molecule has 0 fully saturated rings. The average molecular weight is 240 g/mol. The highest BCUT2D eigenvalue weighted by Gasteiger charge is 2.30. The quantitative estimate of drug-likeness (QED) is 0.764. The van der Waals surface area contributed by atoms with Crippen molar-refractivity contribution in [3.05, 3.63) is 18.2 Å². The lowest BCUT2D eigenvalue weighted by atomic mass is 9.95. The number of imidazole rings is 1. The minimum atomic E-state index is -0.860. The first-order valence-corrected chi connectivity index (χ1v) is 5.92. The highest BCUT2D eigenvalue weighted by atomic mass is 16.5. The van der Waals surface area contributed by atoms with Crippen molar-refractivity contribution in [2.24, 2.45) is 13.0 Å². The van der Waals surface area contributed by atoms with Crippen molar-refractivity contribution in [2.75, 3.05) is 6.61 Å². The van der Waals surface area contributed by atoms with E-state index in [1.165, 1.54) is 0 Å². The molecule has 2 atom stereocenters. The summed E-state index contributed by atoms with van der Waals surface area (Å²) >= 11 is 0. The third-order valence-electron chi connectivity index (χ3n) is 2.73. The van der Waals surface area contributed by atoms with Gasteiger partial charge in [0, 0.05) is 7.05 Å². The molecule has 0 radical (unpaired) electrons. The van der Waals surface area contributed by atoms with Crippen molar-refractivity contribution in [3.8, 4) is 0 Å². The number of carbonyl (C=O) groups excluding carboxylic acids is 1. The Hall–Kier alpha value is -1.36. The van der Waals surface area contributed by atoms with Crippen LogP contribution in [-0.4, -0.2) is 27.2 Å². The highest BCUT2D eigenvalue weighted by molar-refractivity contribution is 5.73. The van der Waals surface area contributed by atoms with Crippen molar-refractivity contribution in [1.29, 1.82) is 0 Å². The van der Waals surface area contributed by atoms with Crippen LogP contribution in [0.1, 0.15) is 38.5 Å². The van der Waals surface area contributed by atoms with Gasteiger partial charge < -0.3 is 14.4 Å². The molecule has 0 saturated carbocycles. The first-order chi connectivity index (χ1) is 8.11. The van der Waals surface area contributed by atoms with Gasteiger partial charge in [-0.15, -0.1) is 0 Å². The van der Waals surface area contributed by atoms with E-state index < -0.39 is 12.0 Å². The summed E-state index contributed by atoms with van der Waals surface area (Å²) in [6, 6.07) is 0. The first kappa shape index (κ1) is 13.7. The van der Waals surface area contributed by atoms with E-state index in [-0.39, 0.29) is 5.97 Å². The molecule has 0 saturated heterocycles. The molecule has 1 aromatic rings. The number of carbonyl (C=O) groups is 1. The van der Waals surface area contributed by atoms with Gasteiger partial charge in [-0.1, -0.05) is 13.3 Å². The molecule has 5 nitrogen and oxygen atoms in total. The van der Waals surface area contributed by atoms with E-state index in [0.717, 1.165) is 6.42 Å². The van der Waals surface area contributed by atoms with Crippen LogP contribution in [0.25, 0.3) is 0 Å². The number of hydrogen-bond acceptors (Lipinski definition) is 4. The van der Waals surface area contributed by atoms with Crippen molar-refractivity contribution in [3.63, 3.8) is 0 Å². The number of nitrogens with zero attached hydrogens (tertiary/aromatic N) is 2. The third-order valence-corrected chi connectivity index (χ3v) is 2.73. The number of esters is 1. The van der Waals surface area contributed by atoms with Crippen molar-refractivity contribution in [1.82, 2.24) is 9.55 Å². The molecule has 1 heterocycles. The zero-order valence-electron chi connectivity index (χ0n) is 10.6. The Morgan fingerprint density at radius 3 is 2.76 bits per heavy atom. The van der Waals surface area contributed by atoms with Gasteiger partial charge in [0.05, 0.1) is 30.7 Å². The molecular weight excluding hydrogens is 220 g/mol. The number of aromatic nitrogens is 2. The molecule has 96 valence electrons. The summed E-state index contributed by atoms with van der Waals surface area (Å²) in [5, 5.41) is 10.2. The molecule has 0 aliphatic carbocycles. The van der Waals surface area contributed by atoms with Crippen LogP contribution in [0.4, 0.5) is 0 Å². The number of aryl methyl sites for hydroxylation is 1. The van der Waals surface area contributed by atoms with Crippen molar-refractivity contribution < 1.29 is 14.6 Å². The fraction of sp³-hybridized carbons (Fsp3) is 0.667. The van der Waals surface area contributed by atoms with Gasteiger partial charge in [-0.05, 0) is 13.3 Å². The molecule has 1 rings (SSSR count). The second-order valence-corrected chi connectivity index (χ2v) is 4.02. The van der Waals surface area contributed by atoms with Crippen LogP contribution in [0.2, 0.25) is 0 Å². The molecular formula is C12H20N2O3. The fourth-order valence-corrected chi connectivity index (χ4v) is 1.82. The molecule has 2 unspecified atom stereocenters. The van der Waals surface area contributed by atoms with Gasteiger partial charge >= 0.3 is 5.97 Å². The molecule has 0 amide bonds. The highest BCUT2D eigenvalue weighted by Crippen LogP contribution is 2.26. The Labute approximate surface area is 101 Å². The zero-order chi connectivity index (χ0) is 12.8. The number of aliphatic hydroxyl groups excluding tert-OH is 1. The molecule has 1 aromatic heterocycles. The Bertz CT molecular complexity index is 362. The Balaban J connectivity index is 2.83. The summed E-state index contributed by atoms with van der Waals surface area (Å²) in [6.45, 7) is 4.07. The van der Waals surface area contributed by atoms with E-state index >= 15 is 0 Å². The maximum atomic E-state index is 11.8. The van der Waals surface area contributed by atoms with Gasteiger partial charge in [-0.3, -0.25) is 4.79 Å². The molecule has 0 bridgehead atoms. The van der Waals surface area contributed by atoms with Gasteiger partial charge in [-0.25, -0.2) is 4.98 Å². The van der Waals surface area contributed by atoms with Crippen LogP contribution in [0.5, 0.6) is 0 Å². The minimum Gasteiger partial charge on any atom is -0.466 e. The standard InChI is InChI=1S/C12H20N2O3/c1-4-6-9(12(16)17-5-2)11(15)10-7-13-8-14(10)3/h7-9,11,15H,4-6H2,1-3H3. The minimum absolute atomic E-state index is 0.331. The average Bonchev–Trinajstić information content (AvgIpc) is 2.71. The maximum Gasteiger partial charge on any atom is 0.311 e. The van der Waals surface area contributed by atoms with Gasteiger partial charge in [0.2, 0.25) is 0 Å². The van der Waals surface area contributed by atoms with Crippen LogP contribution in [0.3, 0.4) is 0 Å². The van der Waals surface area contributed by atoms with Crippen molar-refractivity contribution >= 4 is 5.97 Å². The fourth-order valence-electron chi connectivity index (χ4n) is 1.82. The molecule has 0 aromatic carbocycles. The van der Waals surface area contributed by atoms with Gasteiger partial charge in [-0.2, -0.15) is 0 Å². The topological polar surface area (TPSA) is 64.3 Å². The summed E-state index contributed by atoms with van der Waals surface area (Å²) in [6.07, 6.45) is 3.74. The molecule has 0 aliphatic heterocycles. The zero-order valence-corrected chi connectivity index (χ0v) is 10.6. The van der Waals surface area contributed by atoms with Crippen LogP contribution in [0.15, 0.2) is 12.5 Å². The van der Waals surface area contributed by atoms with E-state index in [1.54, 1.807) is 31.1 Å². The normalized spacial score (nSPS) is 14.4. The Kier molecular flexibility index (Phi) is 5.15. The van der Waals surface area contributed by atoms with Crippen LogP contribution in [0, 0.1) is 5.92 Å². The van der Waals surface area contributed by atoms with Crippen LogP contribution >= 0.6 is 0 Å². The lowest BCUT2D eigenvalue weighted by Gasteiger charge is -2.21. The lowest BCUT2D eigenvalue weighted by Crippen LogP contribution is -2.25. The van der Waals surface area contributed by atoms with E-state index in [1.807, 2.05) is 6.92 Å². The first-order valence-electron chi connectivity index (χ1n) is 5.92. The number of hydrogen-bond donors (Lipinski definition) is 1. The molecule has 0 aliphatic rings. The van der Waals surface area contributed by atoms with Crippen LogP contribution in [-0.2, 0) is 16.6 Å². The van der Waals surface area contributed by atoms with Crippen molar-refractivity contribution in [2.45, 2.75) is 32.8 Å². The second kappa shape index (κ2) is 6.39. The van der Waals surface area contributed by atoms with Gasteiger partial charge in [0.1, 0.15) is 6.10 Å².